The molecule has 6 heteroatoms. The highest BCUT2D eigenvalue weighted by Crippen LogP contribution is 2.25. The van der Waals surface area contributed by atoms with Gasteiger partial charge in [-0.05, 0) is 26.0 Å². The van der Waals surface area contributed by atoms with Crippen LogP contribution in [0.2, 0.25) is 0 Å². The summed E-state index contributed by atoms with van der Waals surface area (Å²) < 4.78 is 10.2. The number of pyridine rings is 1. The van der Waals surface area contributed by atoms with Crippen LogP contribution >= 0.6 is 0 Å². The van der Waals surface area contributed by atoms with Gasteiger partial charge in [0.15, 0.2) is 0 Å². The highest BCUT2D eigenvalue weighted by atomic mass is 16.5. The molecule has 0 unspecified atom stereocenters. The highest BCUT2D eigenvalue weighted by molar-refractivity contribution is 5.95. The number of nitrogens with two attached hydrogens (primary N) is 1. The van der Waals surface area contributed by atoms with Crippen molar-refractivity contribution in [3.05, 3.63) is 17.8 Å². The van der Waals surface area contributed by atoms with E-state index >= 15 is 0 Å². The molecular weight excluding hydrogens is 246 g/mol. The van der Waals surface area contributed by atoms with Crippen molar-refractivity contribution in [3.8, 4) is 5.88 Å². The van der Waals surface area contributed by atoms with E-state index < -0.39 is 5.97 Å². The average molecular weight is 265 g/mol. The fourth-order valence-corrected chi connectivity index (χ4v) is 1.84. The van der Waals surface area contributed by atoms with E-state index in [9.17, 15) is 4.79 Å². The Hall–Kier alpha value is -1.82. The van der Waals surface area contributed by atoms with Gasteiger partial charge in [-0.25, -0.2) is 9.78 Å². The van der Waals surface area contributed by atoms with Crippen LogP contribution in [0.3, 0.4) is 0 Å². The molecule has 6 nitrogen and oxygen atoms in total. The minimum absolute atomic E-state index is 0.225. The summed E-state index contributed by atoms with van der Waals surface area (Å²) in [6.07, 6.45) is 4.01. The molecule has 1 aromatic rings. The van der Waals surface area contributed by atoms with Gasteiger partial charge in [0.25, 0.3) is 0 Å². The van der Waals surface area contributed by atoms with Gasteiger partial charge in [0, 0.05) is 18.8 Å². The molecule has 1 saturated carbocycles. The van der Waals surface area contributed by atoms with Crippen LogP contribution in [0.1, 0.15) is 23.2 Å². The molecule has 2 N–H and O–H groups in total. The van der Waals surface area contributed by atoms with Crippen molar-refractivity contribution >= 4 is 11.7 Å². The lowest BCUT2D eigenvalue weighted by atomic mass is 10.2. The third-order valence-electron chi connectivity index (χ3n) is 3.21. The molecule has 1 aliphatic carbocycles. The molecule has 0 aliphatic heterocycles. The van der Waals surface area contributed by atoms with Crippen molar-refractivity contribution in [2.45, 2.75) is 18.9 Å². The van der Waals surface area contributed by atoms with Gasteiger partial charge in [0.05, 0.1) is 12.7 Å². The average Bonchev–Trinajstić information content (AvgIpc) is 3.24. The molecule has 2 rings (SSSR count). The number of aromatic nitrogens is 1. The topological polar surface area (TPSA) is 77.7 Å². The summed E-state index contributed by atoms with van der Waals surface area (Å²) in [4.78, 5) is 17.8. The first-order valence-corrected chi connectivity index (χ1v) is 6.29. The van der Waals surface area contributed by atoms with Gasteiger partial charge in [-0.2, -0.15) is 0 Å². The monoisotopic (exact) mass is 265 g/mol. The number of nitrogen functional groups attached to an aromatic ring is 1. The predicted octanol–water partition coefficient (Wildman–Crippen LogP) is 0.923. The van der Waals surface area contributed by atoms with Crippen LogP contribution in [-0.2, 0) is 4.74 Å². The number of carbonyl (C=O) groups excluding carboxylic acids is 1. The lowest BCUT2D eigenvalue weighted by molar-refractivity contribution is 0.0601. The van der Waals surface area contributed by atoms with Crippen LogP contribution in [-0.4, -0.2) is 49.2 Å². The maximum atomic E-state index is 11.5. The number of likely N-dealkylation sites (N-methyl/N-ethyl adjacent to an activating group) is 1. The molecule has 0 radical (unpaired) electrons. The predicted molar refractivity (Wildman–Crippen MR) is 71.1 cm³/mol. The molecule has 19 heavy (non-hydrogen) atoms. The standard InChI is InChI=1S/C13H19N3O3/c1-16(9-3-4-9)7-8-19-12-11(14)10(5-6-15-12)13(17)18-2/h5-6,9H,3-4,7-8,14H2,1-2H3. The molecule has 0 spiro atoms. The Balaban J connectivity index is 1.94. The Labute approximate surface area is 112 Å². The Morgan fingerprint density at radius 3 is 2.95 bits per heavy atom. The van der Waals surface area contributed by atoms with Crippen LogP contribution in [0.4, 0.5) is 5.69 Å². The van der Waals surface area contributed by atoms with E-state index in [-0.39, 0.29) is 17.1 Å². The second-order valence-electron chi connectivity index (χ2n) is 4.63. The Bertz CT molecular complexity index is 460. The van der Waals surface area contributed by atoms with Gasteiger partial charge in [-0.3, -0.25) is 0 Å². The number of hydrogen-bond donors (Lipinski definition) is 1. The van der Waals surface area contributed by atoms with Crippen LogP contribution in [0.15, 0.2) is 12.3 Å². The molecule has 1 aromatic heterocycles. The zero-order valence-corrected chi connectivity index (χ0v) is 11.3. The largest absolute Gasteiger partial charge is 0.475 e. The number of hydrogen-bond acceptors (Lipinski definition) is 6. The van der Waals surface area contributed by atoms with Crippen molar-refractivity contribution in [1.82, 2.24) is 9.88 Å². The molecule has 1 fully saturated rings. The van der Waals surface area contributed by atoms with Crippen molar-refractivity contribution in [2.24, 2.45) is 0 Å². The zero-order valence-electron chi connectivity index (χ0n) is 11.3. The molecule has 0 bridgehead atoms. The quantitative estimate of drug-likeness (QED) is 0.771. The summed E-state index contributed by atoms with van der Waals surface area (Å²) in [6, 6.07) is 2.21. The number of nitrogens with zero attached hydrogens (tertiary/aromatic N) is 2. The third kappa shape index (κ3) is 3.35. The summed E-state index contributed by atoms with van der Waals surface area (Å²) in [5.41, 5.74) is 6.35. The number of rotatable bonds is 6. The van der Waals surface area contributed by atoms with E-state index in [1.165, 1.54) is 32.2 Å². The second-order valence-corrected chi connectivity index (χ2v) is 4.63. The molecule has 104 valence electrons. The van der Waals surface area contributed by atoms with Crippen molar-refractivity contribution in [2.75, 3.05) is 33.0 Å². The first-order valence-electron chi connectivity index (χ1n) is 6.29. The number of carbonyl (C=O) groups is 1. The summed E-state index contributed by atoms with van der Waals surface area (Å²) >= 11 is 0. The first-order chi connectivity index (χ1) is 9.13. The summed E-state index contributed by atoms with van der Waals surface area (Å²) in [7, 11) is 3.38. The number of methoxy groups -OCH3 is 1. The summed E-state index contributed by atoms with van der Waals surface area (Å²) in [5, 5.41) is 0. The van der Waals surface area contributed by atoms with E-state index in [4.69, 9.17) is 10.5 Å². The number of ether oxygens (including phenoxy) is 2. The van der Waals surface area contributed by atoms with Crippen molar-refractivity contribution < 1.29 is 14.3 Å². The smallest absolute Gasteiger partial charge is 0.340 e. The van der Waals surface area contributed by atoms with Gasteiger partial charge < -0.3 is 20.1 Å². The van der Waals surface area contributed by atoms with Gasteiger partial charge in [-0.1, -0.05) is 0 Å². The van der Waals surface area contributed by atoms with E-state index in [0.29, 0.717) is 12.6 Å². The molecule has 0 saturated heterocycles. The molecule has 0 atom stereocenters. The van der Waals surface area contributed by atoms with E-state index in [0.717, 1.165) is 6.54 Å². The SMILES string of the molecule is COC(=O)c1ccnc(OCCN(C)C2CC2)c1N. The summed E-state index contributed by atoms with van der Waals surface area (Å²) in [5.74, 6) is -0.202. The number of esters is 1. The normalized spacial score (nSPS) is 14.5. The lowest BCUT2D eigenvalue weighted by Gasteiger charge is -2.16. The lowest BCUT2D eigenvalue weighted by Crippen LogP contribution is -2.26. The summed E-state index contributed by atoms with van der Waals surface area (Å²) in [6.45, 7) is 1.31. The fourth-order valence-electron chi connectivity index (χ4n) is 1.84. The van der Waals surface area contributed by atoms with Gasteiger partial charge in [0.2, 0.25) is 5.88 Å². The van der Waals surface area contributed by atoms with Gasteiger partial charge in [-0.15, -0.1) is 0 Å². The number of anilines is 1. The molecule has 1 heterocycles. The molecule has 0 amide bonds. The Morgan fingerprint density at radius 2 is 2.32 bits per heavy atom. The van der Waals surface area contributed by atoms with E-state index in [1.807, 2.05) is 0 Å². The Morgan fingerprint density at radius 1 is 1.58 bits per heavy atom. The maximum absolute atomic E-state index is 11.5. The van der Waals surface area contributed by atoms with Crippen LogP contribution in [0.5, 0.6) is 5.88 Å². The minimum Gasteiger partial charge on any atom is -0.475 e. The second kappa shape index (κ2) is 5.88. The van der Waals surface area contributed by atoms with Crippen molar-refractivity contribution in [1.29, 1.82) is 0 Å². The van der Waals surface area contributed by atoms with E-state index in [1.54, 1.807) is 0 Å². The van der Waals surface area contributed by atoms with Crippen LogP contribution in [0, 0.1) is 0 Å². The molecule has 1 aliphatic rings. The van der Waals surface area contributed by atoms with Crippen LogP contribution < -0.4 is 10.5 Å². The minimum atomic E-state index is -0.486. The highest BCUT2D eigenvalue weighted by Gasteiger charge is 2.25. The third-order valence-corrected chi connectivity index (χ3v) is 3.21. The van der Waals surface area contributed by atoms with Gasteiger partial charge >= 0.3 is 5.97 Å². The zero-order chi connectivity index (χ0) is 13.8. The molecular formula is C13H19N3O3. The van der Waals surface area contributed by atoms with E-state index in [2.05, 4.69) is 21.7 Å². The molecule has 0 aromatic carbocycles. The first kappa shape index (κ1) is 13.6. The Kier molecular flexibility index (Phi) is 4.21. The van der Waals surface area contributed by atoms with Gasteiger partial charge in [0.1, 0.15) is 12.3 Å². The van der Waals surface area contributed by atoms with Crippen molar-refractivity contribution in [3.63, 3.8) is 0 Å². The maximum Gasteiger partial charge on any atom is 0.340 e. The van der Waals surface area contributed by atoms with Crippen LogP contribution in [0.25, 0.3) is 0 Å². The fraction of sp³-hybridized carbons (Fsp3) is 0.538.